The molecule has 1 aromatic carbocycles. The standard InChI is InChI=1S/C25H30FNO4/c1-25(2,15-18-10-12-21(26)13-11-18)24-30-17-20(7-4-3-5-9-22(28)29)23(31-24)19-8-6-14-27-16-19/h3-4,6,8,10-14,16,20,23-24H,5,7,9,15,17H2,1-2H3,(H,28,29)/b4-3-/t20-,23-,24+/m0/s1. The molecule has 3 atom stereocenters. The highest BCUT2D eigenvalue weighted by Gasteiger charge is 2.40. The zero-order chi connectivity index (χ0) is 22.3. The molecule has 1 N–H and O–H groups in total. The third-order valence-corrected chi connectivity index (χ3v) is 5.51. The summed E-state index contributed by atoms with van der Waals surface area (Å²) >= 11 is 0. The zero-order valence-corrected chi connectivity index (χ0v) is 18.0. The summed E-state index contributed by atoms with van der Waals surface area (Å²) in [5.41, 5.74) is 1.71. The van der Waals surface area contributed by atoms with Crippen LogP contribution in [0.25, 0.3) is 0 Å². The Labute approximate surface area is 182 Å². The van der Waals surface area contributed by atoms with Gasteiger partial charge in [-0.15, -0.1) is 0 Å². The van der Waals surface area contributed by atoms with Gasteiger partial charge in [0, 0.05) is 30.1 Å². The molecule has 1 saturated heterocycles. The predicted molar refractivity (Wildman–Crippen MR) is 116 cm³/mol. The molecule has 1 aliphatic heterocycles. The molecule has 0 aliphatic carbocycles. The van der Waals surface area contributed by atoms with E-state index in [0.29, 0.717) is 19.4 Å². The van der Waals surface area contributed by atoms with Crippen LogP contribution in [0.15, 0.2) is 60.9 Å². The molecule has 6 heteroatoms. The predicted octanol–water partition coefficient (Wildman–Crippen LogP) is 5.33. The molecule has 5 nitrogen and oxygen atoms in total. The lowest BCUT2D eigenvalue weighted by Crippen LogP contribution is -2.44. The average Bonchev–Trinajstić information content (AvgIpc) is 2.75. The number of halogens is 1. The molecule has 0 saturated carbocycles. The summed E-state index contributed by atoms with van der Waals surface area (Å²) in [5, 5.41) is 8.78. The number of nitrogens with zero attached hydrogens (tertiary/aromatic N) is 1. The van der Waals surface area contributed by atoms with Crippen molar-refractivity contribution in [2.24, 2.45) is 11.3 Å². The summed E-state index contributed by atoms with van der Waals surface area (Å²) in [6, 6.07) is 10.4. The van der Waals surface area contributed by atoms with Crippen LogP contribution < -0.4 is 0 Å². The third kappa shape index (κ3) is 6.71. The molecule has 31 heavy (non-hydrogen) atoms. The summed E-state index contributed by atoms with van der Waals surface area (Å²) < 4.78 is 25.9. The topological polar surface area (TPSA) is 68.7 Å². The Morgan fingerprint density at radius 2 is 2.03 bits per heavy atom. The van der Waals surface area contributed by atoms with Gasteiger partial charge in [0.2, 0.25) is 0 Å². The number of hydrogen-bond donors (Lipinski definition) is 1. The second-order valence-corrected chi connectivity index (χ2v) is 8.70. The van der Waals surface area contributed by atoms with E-state index in [1.807, 2.05) is 30.5 Å². The van der Waals surface area contributed by atoms with Crippen molar-refractivity contribution < 1.29 is 23.8 Å². The maximum absolute atomic E-state index is 13.3. The van der Waals surface area contributed by atoms with Crippen LogP contribution in [0.4, 0.5) is 4.39 Å². The van der Waals surface area contributed by atoms with Crippen molar-refractivity contribution in [3.63, 3.8) is 0 Å². The minimum Gasteiger partial charge on any atom is -0.481 e. The van der Waals surface area contributed by atoms with E-state index in [4.69, 9.17) is 14.6 Å². The minimum atomic E-state index is -0.798. The van der Waals surface area contributed by atoms with Gasteiger partial charge in [0.1, 0.15) is 5.82 Å². The Hall–Kier alpha value is -2.57. The summed E-state index contributed by atoms with van der Waals surface area (Å²) in [4.78, 5) is 14.9. The van der Waals surface area contributed by atoms with E-state index in [0.717, 1.165) is 17.5 Å². The first-order valence-corrected chi connectivity index (χ1v) is 10.6. The molecule has 166 valence electrons. The molecule has 3 rings (SSSR count). The number of allylic oxidation sites excluding steroid dienone is 2. The molecule has 0 amide bonds. The molecule has 0 radical (unpaired) electrons. The number of carboxylic acids is 1. The lowest BCUT2D eigenvalue weighted by atomic mass is 9.83. The van der Waals surface area contributed by atoms with Gasteiger partial charge in [-0.05, 0) is 48.6 Å². The Bertz CT molecular complexity index is 867. The number of benzene rings is 1. The molecule has 1 aromatic heterocycles. The normalized spacial score (nSPS) is 22.0. The van der Waals surface area contributed by atoms with Crippen LogP contribution in [-0.2, 0) is 20.7 Å². The van der Waals surface area contributed by atoms with Gasteiger partial charge < -0.3 is 14.6 Å². The van der Waals surface area contributed by atoms with Gasteiger partial charge in [0.05, 0.1) is 12.7 Å². The van der Waals surface area contributed by atoms with Gasteiger partial charge in [-0.25, -0.2) is 4.39 Å². The Balaban J connectivity index is 1.70. The SMILES string of the molecule is CC(C)(Cc1ccc(F)cc1)[C@@H]1OC[C@H](C/C=C\CCC(=O)O)[C@H](c2cccnc2)O1. The highest BCUT2D eigenvalue weighted by molar-refractivity contribution is 5.66. The fraction of sp³-hybridized carbons (Fsp3) is 0.440. The molecule has 1 fully saturated rings. The van der Waals surface area contributed by atoms with E-state index < -0.39 is 12.3 Å². The molecule has 0 bridgehead atoms. The molecule has 2 heterocycles. The van der Waals surface area contributed by atoms with Crippen LogP contribution >= 0.6 is 0 Å². The monoisotopic (exact) mass is 427 g/mol. The lowest BCUT2D eigenvalue weighted by molar-refractivity contribution is -0.278. The first-order valence-electron chi connectivity index (χ1n) is 10.6. The van der Waals surface area contributed by atoms with Crippen molar-refractivity contribution in [3.8, 4) is 0 Å². The summed E-state index contributed by atoms with van der Waals surface area (Å²) in [6.45, 7) is 4.71. The third-order valence-electron chi connectivity index (χ3n) is 5.51. The average molecular weight is 428 g/mol. The van der Waals surface area contributed by atoms with Crippen molar-refractivity contribution in [1.29, 1.82) is 0 Å². The highest BCUT2D eigenvalue weighted by atomic mass is 19.1. The fourth-order valence-corrected chi connectivity index (χ4v) is 3.89. The lowest BCUT2D eigenvalue weighted by Gasteiger charge is -2.43. The number of carboxylic acid groups (broad SMARTS) is 1. The molecule has 0 spiro atoms. The van der Waals surface area contributed by atoms with Gasteiger partial charge >= 0.3 is 5.97 Å². The largest absolute Gasteiger partial charge is 0.481 e. The van der Waals surface area contributed by atoms with E-state index in [9.17, 15) is 9.18 Å². The minimum absolute atomic E-state index is 0.100. The smallest absolute Gasteiger partial charge is 0.303 e. The zero-order valence-electron chi connectivity index (χ0n) is 18.0. The second-order valence-electron chi connectivity index (χ2n) is 8.70. The summed E-state index contributed by atoms with van der Waals surface area (Å²) in [7, 11) is 0. The van der Waals surface area contributed by atoms with Crippen LogP contribution in [-0.4, -0.2) is 29.0 Å². The first-order chi connectivity index (χ1) is 14.8. The molecule has 1 aliphatic rings. The highest BCUT2D eigenvalue weighted by Crippen LogP contribution is 2.40. The number of carbonyl (C=O) groups is 1. The fourth-order valence-electron chi connectivity index (χ4n) is 3.89. The van der Waals surface area contributed by atoms with Crippen LogP contribution in [0, 0.1) is 17.2 Å². The number of ether oxygens (including phenoxy) is 2. The van der Waals surface area contributed by atoms with Crippen LogP contribution in [0.2, 0.25) is 0 Å². The Kier molecular flexibility index (Phi) is 7.93. The van der Waals surface area contributed by atoms with E-state index in [1.54, 1.807) is 18.3 Å². The number of aromatic nitrogens is 1. The quantitative estimate of drug-likeness (QED) is 0.548. The maximum atomic E-state index is 13.3. The van der Waals surface area contributed by atoms with Crippen LogP contribution in [0.5, 0.6) is 0 Å². The van der Waals surface area contributed by atoms with Crippen LogP contribution in [0.3, 0.4) is 0 Å². The first kappa shape index (κ1) is 23.1. The van der Waals surface area contributed by atoms with Gasteiger partial charge in [-0.2, -0.15) is 0 Å². The van der Waals surface area contributed by atoms with E-state index in [2.05, 4.69) is 18.8 Å². The molecule has 2 aromatic rings. The Morgan fingerprint density at radius 1 is 1.26 bits per heavy atom. The van der Waals surface area contributed by atoms with Crippen molar-refractivity contribution in [1.82, 2.24) is 4.98 Å². The van der Waals surface area contributed by atoms with Gasteiger partial charge in [0.25, 0.3) is 0 Å². The molecule has 0 unspecified atom stereocenters. The van der Waals surface area contributed by atoms with E-state index in [1.165, 1.54) is 12.1 Å². The van der Waals surface area contributed by atoms with Crippen LogP contribution in [0.1, 0.15) is 50.3 Å². The molecular formula is C25H30FNO4. The summed E-state index contributed by atoms with van der Waals surface area (Å²) in [6.07, 6.45) is 8.92. The Morgan fingerprint density at radius 3 is 2.71 bits per heavy atom. The number of rotatable bonds is 9. The van der Waals surface area contributed by atoms with Crippen molar-refractivity contribution in [2.75, 3.05) is 6.61 Å². The number of pyridine rings is 1. The number of aliphatic carboxylic acids is 1. The van der Waals surface area contributed by atoms with E-state index >= 15 is 0 Å². The van der Waals surface area contributed by atoms with Crippen molar-refractivity contribution in [2.45, 2.75) is 51.9 Å². The van der Waals surface area contributed by atoms with Gasteiger partial charge in [0.15, 0.2) is 6.29 Å². The van der Waals surface area contributed by atoms with Gasteiger partial charge in [-0.3, -0.25) is 9.78 Å². The maximum Gasteiger partial charge on any atom is 0.303 e. The van der Waals surface area contributed by atoms with Crippen molar-refractivity contribution in [3.05, 3.63) is 77.9 Å². The second kappa shape index (κ2) is 10.6. The summed E-state index contributed by atoms with van der Waals surface area (Å²) in [5.74, 6) is -0.945. The number of hydrogen-bond acceptors (Lipinski definition) is 4. The van der Waals surface area contributed by atoms with Crippen molar-refractivity contribution >= 4 is 5.97 Å². The molecular weight excluding hydrogens is 397 g/mol. The van der Waals surface area contributed by atoms with E-state index in [-0.39, 0.29) is 29.7 Å². The van der Waals surface area contributed by atoms with Gasteiger partial charge in [-0.1, -0.05) is 44.2 Å².